The van der Waals surface area contributed by atoms with Gasteiger partial charge in [0.2, 0.25) is 10.0 Å². The molecule has 0 aliphatic rings. The molecule has 0 spiro atoms. The molecular formula is C19H24N2O5S. The van der Waals surface area contributed by atoms with Gasteiger partial charge < -0.3 is 14.8 Å². The van der Waals surface area contributed by atoms with Crippen LogP contribution in [0.5, 0.6) is 11.5 Å². The van der Waals surface area contributed by atoms with Crippen LogP contribution >= 0.6 is 0 Å². The number of amides is 1. The zero-order valence-corrected chi connectivity index (χ0v) is 16.4. The molecule has 146 valence electrons. The highest BCUT2D eigenvalue weighted by atomic mass is 32.2. The summed E-state index contributed by atoms with van der Waals surface area (Å²) in [6.07, 6.45) is 0. The Balaban J connectivity index is 1.89. The summed E-state index contributed by atoms with van der Waals surface area (Å²) in [6, 6.07) is 11.5. The number of methoxy groups -OCH3 is 1. The Labute approximate surface area is 159 Å². The zero-order valence-electron chi connectivity index (χ0n) is 15.6. The minimum absolute atomic E-state index is 0.195. The summed E-state index contributed by atoms with van der Waals surface area (Å²) in [7, 11) is -1.95. The van der Waals surface area contributed by atoms with Gasteiger partial charge in [0.05, 0.1) is 18.6 Å². The van der Waals surface area contributed by atoms with Crippen molar-refractivity contribution in [3.63, 3.8) is 0 Å². The first-order valence-electron chi connectivity index (χ1n) is 8.52. The number of ether oxygens (including phenoxy) is 2. The molecule has 0 saturated carbocycles. The van der Waals surface area contributed by atoms with E-state index in [1.54, 1.807) is 57.4 Å². The van der Waals surface area contributed by atoms with Crippen molar-refractivity contribution in [3.8, 4) is 11.5 Å². The summed E-state index contributed by atoms with van der Waals surface area (Å²) in [5.74, 6) is 0.963. The molecule has 0 atom stereocenters. The first kappa shape index (κ1) is 20.7. The van der Waals surface area contributed by atoms with Gasteiger partial charge in [-0.3, -0.25) is 4.79 Å². The molecule has 0 fully saturated rings. The normalized spacial score (nSPS) is 11.1. The fraction of sp³-hybridized carbons (Fsp3) is 0.316. The predicted molar refractivity (Wildman–Crippen MR) is 103 cm³/mol. The molecule has 0 aliphatic carbocycles. The summed E-state index contributed by atoms with van der Waals surface area (Å²) < 4.78 is 37.2. The molecule has 0 radical (unpaired) electrons. The molecule has 0 unspecified atom stereocenters. The summed E-state index contributed by atoms with van der Waals surface area (Å²) >= 11 is 0. The Bertz CT molecular complexity index is 897. The van der Waals surface area contributed by atoms with Gasteiger partial charge in [0.15, 0.2) is 0 Å². The van der Waals surface area contributed by atoms with Crippen LogP contribution in [0.25, 0.3) is 0 Å². The highest BCUT2D eigenvalue weighted by molar-refractivity contribution is 7.89. The summed E-state index contributed by atoms with van der Waals surface area (Å²) in [5, 5.41) is 2.77. The van der Waals surface area contributed by atoms with E-state index >= 15 is 0 Å². The van der Waals surface area contributed by atoms with Crippen molar-refractivity contribution < 1.29 is 22.7 Å². The molecule has 2 N–H and O–H groups in total. The first-order valence-corrected chi connectivity index (χ1v) is 10.0. The molecule has 0 bridgehead atoms. The molecule has 0 aromatic heterocycles. The van der Waals surface area contributed by atoms with E-state index in [-0.39, 0.29) is 17.4 Å². The molecule has 0 saturated heterocycles. The van der Waals surface area contributed by atoms with Crippen molar-refractivity contribution in [3.05, 3.63) is 53.6 Å². The van der Waals surface area contributed by atoms with Crippen molar-refractivity contribution in [1.82, 2.24) is 10.0 Å². The first-order chi connectivity index (χ1) is 12.9. The zero-order chi connectivity index (χ0) is 19.9. The van der Waals surface area contributed by atoms with E-state index in [1.165, 1.54) is 6.07 Å². The number of carbonyl (C=O) groups is 1. The smallest absolute Gasteiger partial charge is 0.251 e. The fourth-order valence-corrected chi connectivity index (χ4v) is 3.54. The third kappa shape index (κ3) is 5.70. The van der Waals surface area contributed by atoms with Crippen LogP contribution in [0.2, 0.25) is 0 Å². The molecule has 27 heavy (non-hydrogen) atoms. The Hall–Kier alpha value is -2.58. The minimum Gasteiger partial charge on any atom is -0.497 e. The van der Waals surface area contributed by atoms with Crippen LogP contribution < -0.4 is 19.5 Å². The van der Waals surface area contributed by atoms with Crippen molar-refractivity contribution in [2.75, 3.05) is 26.8 Å². The quantitative estimate of drug-likeness (QED) is 0.638. The lowest BCUT2D eigenvalue weighted by molar-refractivity contribution is 0.0946. The molecule has 2 rings (SSSR count). The maximum atomic E-state index is 12.1. The molecule has 2 aromatic rings. The molecular weight excluding hydrogens is 368 g/mol. The van der Waals surface area contributed by atoms with Crippen LogP contribution in [0.1, 0.15) is 22.8 Å². The molecule has 1 amide bonds. The van der Waals surface area contributed by atoms with Gasteiger partial charge in [-0.1, -0.05) is 13.0 Å². The average Bonchev–Trinajstić information content (AvgIpc) is 2.66. The van der Waals surface area contributed by atoms with Crippen LogP contribution in [-0.2, 0) is 10.0 Å². The van der Waals surface area contributed by atoms with Crippen LogP contribution in [-0.4, -0.2) is 41.1 Å². The van der Waals surface area contributed by atoms with Crippen molar-refractivity contribution in [2.24, 2.45) is 0 Å². The maximum Gasteiger partial charge on any atom is 0.251 e. The number of nitrogens with one attached hydrogen (secondary N) is 2. The molecule has 8 heteroatoms. The van der Waals surface area contributed by atoms with Crippen molar-refractivity contribution >= 4 is 15.9 Å². The van der Waals surface area contributed by atoms with E-state index in [9.17, 15) is 13.2 Å². The van der Waals surface area contributed by atoms with Crippen LogP contribution in [0, 0.1) is 6.92 Å². The van der Waals surface area contributed by atoms with E-state index in [1.807, 2.05) is 0 Å². The van der Waals surface area contributed by atoms with Gasteiger partial charge in [0, 0.05) is 12.1 Å². The average molecular weight is 392 g/mol. The van der Waals surface area contributed by atoms with E-state index in [4.69, 9.17) is 9.47 Å². The third-order valence-corrected chi connectivity index (χ3v) is 5.31. The van der Waals surface area contributed by atoms with Gasteiger partial charge in [0.25, 0.3) is 5.91 Å². The number of hydrogen-bond acceptors (Lipinski definition) is 5. The minimum atomic E-state index is -3.50. The van der Waals surface area contributed by atoms with E-state index in [0.717, 1.165) is 0 Å². The van der Waals surface area contributed by atoms with Gasteiger partial charge in [-0.15, -0.1) is 0 Å². The second-order valence-electron chi connectivity index (χ2n) is 5.76. The number of rotatable bonds is 9. The molecule has 2 aromatic carbocycles. The number of sulfonamides is 1. The van der Waals surface area contributed by atoms with Crippen molar-refractivity contribution in [1.29, 1.82) is 0 Å². The third-order valence-electron chi connectivity index (χ3n) is 3.77. The second-order valence-corrected chi connectivity index (χ2v) is 7.53. The van der Waals surface area contributed by atoms with Gasteiger partial charge in [-0.05, 0) is 48.9 Å². The Morgan fingerprint density at radius 2 is 1.93 bits per heavy atom. The Kier molecular flexibility index (Phi) is 7.20. The summed E-state index contributed by atoms with van der Waals surface area (Å²) in [5.41, 5.74) is 1.21. The van der Waals surface area contributed by atoms with Gasteiger partial charge in [-0.25, -0.2) is 13.1 Å². The number of carbonyl (C=O) groups excluding carboxylic acids is 1. The summed E-state index contributed by atoms with van der Waals surface area (Å²) in [6.45, 7) is 4.40. The van der Waals surface area contributed by atoms with E-state index in [0.29, 0.717) is 35.7 Å². The van der Waals surface area contributed by atoms with Gasteiger partial charge in [0.1, 0.15) is 18.1 Å². The van der Waals surface area contributed by atoms with Crippen molar-refractivity contribution in [2.45, 2.75) is 18.7 Å². The molecule has 7 nitrogen and oxygen atoms in total. The van der Waals surface area contributed by atoms with Crippen LogP contribution in [0.3, 0.4) is 0 Å². The largest absolute Gasteiger partial charge is 0.497 e. The predicted octanol–water partition coefficient (Wildman–Crippen LogP) is 2.11. The fourth-order valence-electron chi connectivity index (χ4n) is 2.42. The maximum absolute atomic E-state index is 12.1. The van der Waals surface area contributed by atoms with Gasteiger partial charge in [-0.2, -0.15) is 0 Å². The van der Waals surface area contributed by atoms with Gasteiger partial charge >= 0.3 is 0 Å². The molecule has 0 heterocycles. The standard InChI is InChI=1S/C19H24N2O5S/c1-4-21-27(23,24)17-8-9-18(14(2)12-17)26-11-10-20-19(22)15-6-5-7-16(13-15)25-3/h5-9,12-13,21H,4,10-11H2,1-3H3,(H,20,22). The number of benzene rings is 2. The molecule has 0 aliphatic heterocycles. The SMILES string of the molecule is CCNS(=O)(=O)c1ccc(OCCNC(=O)c2cccc(OC)c2)c(C)c1. The Morgan fingerprint density at radius 3 is 2.59 bits per heavy atom. The second kappa shape index (κ2) is 9.38. The van der Waals surface area contributed by atoms with Crippen LogP contribution in [0.15, 0.2) is 47.4 Å². The lowest BCUT2D eigenvalue weighted by Crippen LogP contribution is -2.28. The topological polar surface area (TPSA) is 93.7 Å². The highest BCUT2D eigenvalue weighted by Gasteiger charge is 2.14. The number of aryl methyl sites for hydroxylation is 1. The monoisotopic (exact) mass is 392 g/mol. The summed E-state index contributed by atoms with van der Waals surface area (Å²) in [4.78, 5) is 12.3. The lowest BCUT2D eigenvalue weighted by atomic mass is 10.2. The highest BCUT2D eigenvalue weighted by Crippen LogP contribution is 2.21. The lowest BCUT2D eigenvalue weighted by Gasteiger charge is -2.12. The van der Waals surface area contributed by atoms with E-state index < -0.39 is 10.0 Å². The van der Waals surface area contributed by atoms with Crippen LogP contribution in [0.4, 0.5) is 0 Å². The number of hydrogen-bond donors (Lipinski definition) is 2. The Morgan fingerprint density at radius 1 is 1.15 bits per heavy atom. The van der Waals surface area contributed by atoms with E-state index in [2.05, 4.69) is 10.0 Å².